The second kappa shape index (κ2) is 7.48. The first-order chi connectivity index (χ1) is 13.6. The number of ether oxygens (including phenoxy) is 1. The number of para-hydroxylation sites is 1. The predicted molar refractivity (Wildman–Crippen MR) is 111 cm³/mol. The molecule has 1 aromatic heterocycles. The van der Waals surface area contributed by atoms with Crippen LogP contribution in [0, 0.1) is 6.92 Å². The number of carbonyl (C=O) groups excluding carboxylic acids is 1. The number of aryl methyl sites for hydroxylation is 1. The maximum absolute atomic E-state index is 11.6. The van der Waals surface area contributed by atoms with Crippen LogP contribution in [0.1, 0.15) is 15.9 Å². The smallest absolute Gasteiger partial charge is 0.337 e. The molecule has 138 valence electrons. The van der Waals surface area contributed by atoms with Crippen LogP contribution < -0.4 is 5.32 Å². The van der Waals surface area contributed by atoms with Crippen LogP contribution in [0.2, 0.25) is 0 Å². The fourth-order valence-electron chi connectivity index (χ4n) is 2.95. The quantitative estimate of drug-likeness (QED) is 0.505. The number of anilines is 2. The highest BCUT2D eigenvalue weighted by Crippen LogP contribution is 2.27. The molecule has 0 unspecified atom stereocenters. The van der Waals surface area contributed by atoms with Crippen molar-refractivity contribution in [1.29, 1.82) is 0 Å². The number of benzene rings is 3. The lowest BCUT2D eigenvalue weighted by atomic mass is 10.1. The Morgan fingerprint density at radius 2 is 1.61 bits per heavy atom. The van der Waals surface area contributed by atoms with Gasteiger partial charge in [0.15, 0.2) is 5.82 Å². The van der Waals surface area contributed by atoms with Gasteiger partial charge in [-0.15, -0.1) is 0 Å². The maximum atomic E-state index is 11.6. The first-order valence-electron chi connectivity index (χ1n) is 8.93. The summed E-state index contributed by atoms with van der Waals surface area (Å²) in [5.74, 6) is 1.01. The third kappa shape index (κ3) is 3.55. The number of aromatic nitrogens is 2. The van der Waals surface area contributed by atoms with E-state index in [0.29, 0.717) is 17.2 Å². The number of hydrogen-bond acceptors (Lipinski definition) is 5. The third-order valence-electron chi connectivity index (χ3n) is 4.48. The Morgan fingerprint density at radius 3 is 2.32 bits per heavy atom. The van der Waals surface area contributed by atoms with Gasteiger partial charge in [-0.3, -0.25) is 0 Å². The minimum absolute atomic E-state index is 0.360. The molecule has 0 radical (unpaired) electrons. The van der Waals surface area contributed by atoms with Crippen molar-refractivity contribution < 1.29 is 9.53 Å². The van der Waals surface area contributed by atoms with Crippen LogP contribution >= 0.6 is 0 Å². The highest BCUT2D eigenvalue weighted by Gasteiger charge is 2.10. The van der Waals surface area contributed by atoms with Gasteiger partial charge in [0.05, 0.1) is 18.2 Å². The number of fused-ring (bicyclic) bond motifs is 1. The van der Waals surface area contributed by atoms with E-state index in [9.17, 15) is 4.79 Å². The van der Waals surface area contributed by atoms with Crippen molar-refractivity contribution in [3.8, 4) is 11.4 Å². The Hall–Kier alpha value is -3.73. The first-order valence-corrected chi connectivity index (χ1v) is 8.93. The third-order valence-corrected chi connectivity index (χ3v) is 4.48. The predicted octanol–water partition coefficient (Wildman–Crippen LogP) is 5.14. The molecule has 1 N–H and O–H groups in total. The first kappa shape index (κ1) is 17.7. The van der Waals surface area contributed by atoms with E-state index in [1.165, 1.54) is 12.7 Å². The molecule has 0 spiro atoms. The van der Waals surface area contributed by atoms with Gasteiger partial charge < -0.3 is 10.1 Å². The van der Waals surface area contributed by atoms with Crippen molar-refractivity contribution in [2.75, 3.05) is 12.4 Å². The van der Waals surface area contributed by atoms with Gasteiger partial charge in [0.1, 0.15) is 5.82 Å². The van der Waals surface area contributed by atoms with E-state index in [4.69, 9.17) is 14.7 Å². The highest BCUT2D eigenvalue weighted by molar-refractivity contribution is 5.93. The van der Waals surface area contributed by atoms with Gasteiger partial charge >= 0.3 is 5.97 Å². The summed E-state index contributed by atoms with van der Waals surface area (Å²) in [5, 5.41) is 4.28. The van der Waals surface area contributed by atoms with Gasteiger partial charge in [0, 0.05) is 16.6 Å². The van der Waals surface area contributed by atoms with Crippen molar-refractivity contribution in [3.63, 3.8) is 0 Å². The van der Waals surface area contributed by atoms with Crippen molar-refractivity contribution >= 4 is 28.4 Å². The van der Waals surface area contributed by atoms with Crippen molar-refractivity contribution in [1.82, 2.24) is 9.97 Å². The molecule has 5 nitrogen and oxygen atoms in total. The van der Waals surface area contributed by atoms with Gasteiger partial charge in [-0.05, 0) is 43.3 Å². The summed E-state index contributed by atoms with van der Waals surface area (Å²) >= 11 is 0. The molecule has 0 bridgehead atoms. The molecule has 0 fully saturated rings. The largest absolute Gasteiger partial charge is 0.465 e. The Balaban J connectivity index is 1.75. The average Bonchev–Trinajstić information content (AvgIpc) is 2.74. The normalized spacial score (nSPS) is 10.6. The van der Waals surface area contributed by atoms with E-state index in [-0.39, 0.29) is 5.97 Å². The summed E-state index contributed by atoms with van der Waals surface area (Å²) in [6.07, 6.45) is 0. The van der Waals surface area contributed by atoms with E-state index in [1.54, 1.807) is 12.1 Å². The molecule has 0 amide bonds. The molecule has 4 aromatic rings. The molecule has 5 heteroatoms. The van der Waals surface area contributed by atoms with E-state index in [0.717, 1.165) is 22.2 Å². The number of rotatable bonds is 4. The topological polar surface area (TPSA) is 64.1 Å². The van der Waals surface area contributed by atoms with Crippen LogP contribution in [0.15, 0.2) is 72.8 Å². The molecule has 0 saturated heterocycles. The molecular formula is C23H19N3O2. The molecule has 4 rings (SSSR count). The van der Waals surface area contributed by atoms with Crippen LogP contribution in [0.3, 0.4) is 0 Å². The molecule has 0 aliphatic carbocycles. The van der Waals surface area contributed by atoms with Crippen LogP contribution in [-0.4, -0.2) is 23.0 Å². The number of nitrogens with zero attached hydrogens (tertiary/aromatic N) is 2. The Kier molecular flexibility index (Phi) is 4.72. The Bertz CT molecular complexity index is 1140. The molecule has 1 heterocycles. The molecule has 0 saturated carbocycles. The number of carbonyl (C=O) groups is 1. The van der Waals surface area contributed by atoms with Gasteiger partial charge in [-0.25, -0.2) is 14.8 Å². The van der Waals surface area contributed by atoms with E-state index < -0.39 is 0 Å². The van der Waals surface area contributed by atoms with E-state index in [1.807, 2.05) is 60.7 Å². The van der Waals surface area contributed by atoms with E-state index >= 15 is 0 Å². The summed E-state index contributed by atoms with van der Waals surface area (Å²) in [6.45, 7) is 2.05. The van der Waals surface area contributed by atoms with Crippen LogP contribution in [-0.2, 0) is 4.74 Å². The summed E-state index contributed by atoms with van der Waals surface area (Å²) in [7, 11) is 1.37. The molecule has 0 aliphatic heterocycles. The minimum Gasteiger partial charge on any atom is -0.465 e. The summed E-state index contributed by atoms with van der Waals surface area (Å²) < 4.78 is 4.75. The Labute approximate surface area is 163 Å². The van der Waals surface area contributed by atoms with Crippen molar-refractivity contribution in [2.24, 2.45) is 0 Å². The number of esters is 1. The number of methoxy groups -OCH3 is 1. The van der Waals surface area contributed by atoms with Crippen LogP contribution in [0.25, 0.3) is 22.3 Å². The standard InChI is InChI=1S/C23H19N3O2/c1-15-7-9-16(10-8-15)21-25-20-6-4-3-5-19(20)22(26-21)24-18-13-11-17(12-14-18)23(27)28-2/h3-14H,1-2H3,(H,24,25,26). The van der Waals surface area contributed by atoms with Gasteiger partial charge in [0.2, 0.25) is 0 Å². The lowest BCUT2D eigenvalue weighted by molar-refractivity contribution is 0.0601. The highest BCUT2D eigenvalue weighted by atomic mass is 16.5. The van der Waals surface area contributed by atoms with E-state index in [2.05, 4.69) is 12.2 Å². The molecule has 28 heavy (non-hydrogen) atoms. The monoisotopic (exact) mass is 369 g/mol. The maximum Gasteiger partial charge on any atom is 0.337 e. The summed E-state index contributed by atoms with van der Waals surface area (Å²) in [5.41, 5.74) is 4.34. The summed E-state index contributed by atoms with van der Waals surface area (Å²) in [4.78, 5) is 21.1. The van der Waals surface area contributed by atoms with Crippen LogP contribution in [0.5, 0.6) is 0 Å². The second-order valence-corrected chi connectivity index (χ2v) is 6.47. The summed E-state index contributed by atoms with van der Waals surface area (Å²) in [6, 6.07) is 23.1. The second-order valence-electron chi connectivity index (χ2n) is 6.47. The molecule has 3 aromatic carbocycles. The minimum atomic E-state index is -0.360. The Morgan fingerprint density at radius 1 is 0.893 bits per heavy atom. The molecular weight excluding hydrogens is 350 g/mol. The van der Waals surface area contributed by atoms with Crippen LogP contribution in [0.4, 0.5) is 11.5 Å². The van der Waals surface area contributed by atoms with Gasteiger partial charge in [-0.2, -0.15) is 0 Å². The fraction of sp³-hybridized carbons (Fsp3) is 0.0870. The zero-order valence-corrected chi connectivity index (χ0v) is 15.6. The van der Waals surface area contributed by atoms with Gasteiger partial charge in [0.25, 0.3) is 0 Å². The van der Waals surface area contributed by atoms with Crippen molar-refractivity contribution in [2.45, 2.75) is 6.92 Å². The zero-order chi connectivity index (χ0) is 19.5. The lowest BCUT2D eigenvalue weighted by Crippen LogP contribution is -2.02. The molecule has 0 atom stereocenters. The van der Waals surface area contributed by atoms with Gasteiger partial charge in [-0.1, -0.05) is 42.0 Å². The zero-order valence-electron chi connectivity index (χ0n) is 15.6. The van der Waals surface area contributed by atoms with Crippen molar-refractivity contribution in [3.05, 3.63) is 83.9 Å². The fourth-order valence-corrected chi connectivity index (χ4v) is 2.95. The number of hydrogen-bond donors (Lipinski definition) is 1. The lowest BCUT2D eigenvalue weighted by Gasteiger charge is -2.11. The SMILES string of the molecule is COC(=O)c1ccc(Nc2nc(-c3ccc(C)cc3)nc3ccccc23)cc1. The number of nitrogens with one attached hydrogen (secondary N) is 1. The average molecular weight is 369 g/mol. The molecule has 0 aliphatic rings.